The Labute approximate surface area is 199 Å². The van der Waals surface area contributed by atoms with Gasteiger partial charge in [0.15, 0.2) is 0 Å². The summed E-state index contributed by atoms with van der Waals surface area (Å²) < 4.78 is 31.7. The van der Waals surface area contributed by atoms with E-state index in [4.69, 9.17) is 9.90 Å². The fourth-order valence-electron chi connectivity index (χ4n) is 3.76. The molecule has 1 amide bonds. The average Bonchev–Trinajstić information content (AvgIpc) is 3.28. The molecule has 3 aromatic rings. The fourth-order valence-corrected chi connectivity index (χ4v) is 3.76. The van der Waals surface area contributed by atoms with Gasteiger partial charge in [-0.25, -0.2) is 4.79 Å². The molecule has 1 fully saturated rings. The number of carbonyl (C=O) groups is 2. The van der Waals surface area contributed by atoms with E-state index in [1.165, 1.54) is 5.39 Å². The maximum absolute atomic E-state index is 12.4. The number of carboxylic acids is 1. The molecule has 35 heavy (non-hydrogen) atoms. The van der Waals surface area contributed by atoms with E-state index in [1.807, 2.05) is 24.3 Å². The summed E-state index contributed by atoms with van der Waals surface area (Å²) in [4.78, 5) is 24.7. The molecule has 0 aliphatic carbocycles. The maximum Gasteiger partial charge on any atom is 0.490 e. The first kappa shape index (κ1) is 25.8. The molecule has 0 spiro atoms. The zero-order chi connectivity index (χ0) is 25.4. The molecular weight excluding hydrogens is 461 g/mol. The van der Waals surface area contributed by atoms with Gasteiger partial charge in [-0.15, -0.1) is 0 Å². The number of halogens is 3. The van der Waals surface area contributed by atoms with E-state index in [2.05, 4.69) is 52.0 Å². The molecule has 2 atom stereocenters. The number of alkyl halides is 3. The minimum absolute atomic E-state index is 0.0686. The summed E-state index contributed by atoms with van der Waals surface area (Å²) in [6, 6.07) is 20.0. The van der Waals surface area contributed by atoms with Gasteiger partial charge in [-0.2, -0.15) is 18.4 Å². The van der Waals surface area contributed by atoms with Crippen molar-refractivity contribution in [3.05, 3.63) is 60.2 Å². The molecule has 2 aromatic carbocycles. The first-order valence-corrected chi connectivity index (χ1v) is 11.1. The van der Waals surface area contributed by atoms with Gasteiger partial charge in [0, 0.05) is 23.0 Å². The van der Waals surface area contributed by atoms with Gasteiger partial charge in [-0.1, -0.05) is 48.9 Å². The molecule has 7 nitrogen and oxygen atoms in total. The average molecular weight is 486 g/mol. The second-order valence-electron chi connectivity index (χ2n) is 8.17. The predicted molar refractivity (Wildman–Crippen MR) is 124 cm³/mol. The second kappa shape index (κ2) is 11.5. The van der Waals surface area contributed by atoms with E-state index in [1.54, 1.807) is 0 Å². The number of aromatic nitrogens is 1. The Balaban J connectivity index is 0.000000429. The van der Waals surface area contributed by atoms with E-state index in [9.17, 15) is 23.2 Å². The number of aliphatic carboxylic acids is 1. The molecule has 10 heteroatoms. The summed E-state index contributed by atoms with van der Waals surface area (Å²) in [5, 5.41) is 23.9. The van der Waals surface area contributed by atoms with Crippen LogP contribution in [0.15, 0.2) is 54.6 Å². The Morgan fingerprint density at radius 1 is 1.14 bits per heavy atom. The van der Waals surface area contributed by atoms with Gasteiger partial charge in [0.1, 0.15) is 6.04 Å². The van der Waals surface area contributed by atoms with Gasteiger partial charge in [0.05, 0.1) is 12.1 Å². The van der Waals surface area contributed by atoms with Crippen LogP contribution < -0.4 is 10.6 Å². The van der Waals surface area contributed by atoms with Crippen LogP contribution in [0.1, 0.15) is 24.8 Å². The summed E-state index contributed by atoms with van der Waals surface area (Å²) in [6.45, 7) is 0.866. The number of carbonyl (C=O) groups excluding carboxylic acids is 1. The first-order valence-electron chi connectivity index (χ1n) is 11.1. The predicted octanol–water partition coefficient (Wildman–Crippen LogP) is 4.16. The third-order valence-electron chi connectivity index (χ3n) is 5.58. The number of H-pyrrole nitrogens is 1. The van der Waals surface area contributed by atoms with Crippen molar-refractivity contribution >= 4 is 22.8 Å². The molecule has 1 aliphatic heterocycles. The Hall–Kier alpha value is -3.84. The minimum Gasteiger partial charge on any atom is -0.475 e. The van der Waals surface area contributed by atoms with E-state index >= 15 is 0 Å². The highest BCUT2D eigenvalue weighted by atomic mass is 19.4. The Morgan fingerprint density at radius 3 is 2.40 bits per heavy atom. The van der Waals surface area contributed by atoms with Crippen LogP contribution >= 0.6 is 0 Å². The summed E-state index contributed by atoms with van der Waals surface area (Å²) in [5.41, 5.74) is 4.32. The molecule has 2 heterocycles. The van der Waals surface area contributed by atoms with Gasteiger partial charge in [0.2, 0.25) is 5.91 Å². The molecule has 1 aliphatic rings. The minimum atomic E-state index is -5.08. The van der Waals surface area contributed by atoms with Gasteiger partial charge in [-0.3, -0.25) is 4.79 Å². The Morgan fingerprint density at radius 2 is 1.83 bits per heavy atom. The standard InChI is InChI=1S/C23H24N4O.C2HF3O2/c24-15-19(26-23(28)21-7-3-4-12-25-21)13-16-8-10-17(11-9-16)22-14-18-5-1-2-6-20(18)27-22;3-2(4,5)1(6)7/h1-2,5-6,8-11,14,19,21,25,27H,3-4,7,12-13H2,(H,26,28);(H,6,7)/t19-,21-;/m0./s1. The molecule has 1 aromatic heterocycles. The van der Waals surface area contributed by atoms with Gasteiger partial charge in [0.25, 0.3) is 0 Å². The van der Waals surface area contributed by atoms with Gasteiger partial charge in [-0.05, 0) is 42.6 Å². The number of nitriles is 1. The highest BCUT2D eigenvalue weighted by Gasteiger charge is 2.38. The lowest BCUT2D eigenvalue weighted by Gasteiger charge is -2.23. The van der Waals surface area contributed by atoms with E-state index in [0.717, 1.165) is 48.1 Å². The quantitative estimate of drug-likeness (QED) is 0.432. The molecule has 0 saturated carbocycles. The zero-order valence-corrected chi connectivity index (χ0v) is 18.7. The number of nitrogens with one attached hydrogen (secondary N) is 3. The number of carboxylic acid groups (broad SMARTS) is 1. The highest BCUT2D eigenvalue weighted by molar-refractivity contribution is 5.85. The van der Waals surface area contributed by atoms with Crippen LogP contribution in [0.3, 0.4) is 0 Å². The van der Waals surface area contributed by atoms with Crippen molar-refractivity contribution in [2.24, 2.45) is 0 Å². The Bertz CT molecular complexity index is 1160. The number of hydrogen-bond acceptors (Lipinski definition) is 4. The number of fused-ring (bicyclic) bond motifs is 1. The third kappa shape index (κ3) is 7.32. The van der Waals surface area contributed by atoms with Gasteiger partial charge >= 0.3 is 12.1 Å². The van der Waals surface area contributed by atoms with Gasteiger partial charge < -0.3 is 20.7 Å². The number of amides is 1. The number of piperidine rings is 1. The molecule has 1 saturated heterocycles. The number of nitrogens with zero attached hydrogens (tertiary/aromatic N) is 1. The lowest BCUT2D eigenvalue weighted by atomic mass is 10.0. The SMILES string of the molecule is N#C[C@H](Cc1ccc(-c2cc3ccccc3[nH]2)cc1)NC(=O)[C@@H]1CCCCN1.O=C(O)C(F)(F)F. The number of hydrogen-bond donors (Lipinski definition) is 4. The van der Waals surface area contributed by atoms with Crippen molar-refractivity contribution in [1.82, 2.24) is 15.6 Å². The van der Waals surface area contributed by atoms with E-state index in [-0.39, 0.29) is 11.9 Å². The van der Waals surface area contributed by atoms with Crippen LogP contribution in [0.5, 0.6) is 0 Å². The molecule has 184 valence electrons. The highest BCUT2D eigenvalue weighted by Crippen LogP contribution is 2.24. The zero-order valence-electron chi connectivity index (χ0n) is 18.7. The first-order chi connectivity index (χ1) is 16.7. The van der Waals surface area contributed by atoms with E-state index in [0.29, 0.717) is 6.42 Å². The van der Waals surface area contributed by atoms with Crippen molar-refractivity contribution in [3.8, 4) is 17.3 Å². The Kier molecular flexibility index (Phi) is 8.49. The largest absolute Gasteiger partial charge is 0.490 e. The number of aromatic amines is 1. The summed E-state index contributed by atoms with van der Waals surface area (Å²) in [5.74, 6) is -2.83. The molecular formula is C25H25F3N4O3. The van der Waals surface area contributed by atoms with Crippen molar-refractivity contribution < 1.29 is 27.9 Å². The summed E-state index contributed by atoms with van der Waals surface area (Å²) in [7, 11) is 0. The summed E-state index contributed by atoms with van der Waals surface area (Å²) >= 11 is 0. The van der Waals surface area contributed by atoms with Crippen molar-refractivity contribution in [2.45, 2.75) is 43.9 Å². The van der Waals surface area contributed by atoms with Crippen molar-refractivity contribution in [1.29, 1.82) is 5.26 Å². The fraction of sp³-hybridized carbons (Fsp3) is 0.320. The van der Waals surface area contributed by atoms with Crippen molar-refractivity contribution in [3.63, 3.8) is 0 Å². The second-order valence-corrected chi connectivity index (χ2v) is 8.17. The number of benzene rings is 2. The molecule has 0 unspecified atom stereocenters. The lowest BCUT2D eigenvalue weighted by molar-refractivity contribution is -0.192. The topological polar surface area (TPSA) is 118 Å². The van der Waals surface area contributed by atoms with Crippen LogP contribution in [0.2, 0.25) is 0 Å². The lowest BCUT2D eigenvalue weighted by Crippen LogP contribution is -2.49. The normalized spacial score (nSPS) is 16.5. The number of para-hydroxylation sites is 1. The van der Waals surface area contributed by atoms with Crippen LogP contribution in [-0.2, 0) is 16.0 Å². The number of rotatable bonds is 5. The molecule has 0 bridgehead atoms. The van der Waals surface area contributed by atoms with Crippen LogP contribution in [-0.4, -0.2) is 46.8 Å². The van der Waals surface area contributed by atoms with Crippen LogP contribution in [0.4, 0.5) is 13.2 Å². The van der Waals surface area contributed by atoms with E-state index < -0.39 is 18.2 Å². The van der Waals surface area contributed by atoms with Crippen LogP contribution in [0.25, 0.3) is 22.2 Å². The monoisotopic (exact) mass is 486 g/mol. The molecule has 4 rings (SSSR count). The third-order valence-corrected chi connectivity index (χ3v) is 5.58. The smallest absolute Gasteiger partial charge is 0.475 e. The van der Waals surface area contributed by atoms with Crippen LogP contribution in [0, 0.1) is 11.3 Å². The van der Waals surface area contributed by atoms with Crippen molar-refractivity contribution in [2.75, 3.05) is 6.54 Å². The summed E-state index contributed by atoms with van der Waals surface area (Å²) in [6.07, 6.45) is -1.59. The molecule has 0 radical (unpaired) electrons. The maximum atomic E-state index is 12.4. The molecule has 4 N–H and O–H groups in total.